The number of aryl methyl sites for hydroxylation is 1. The largest absolute Gasteiger partial charge is 0.452 e. The van der Waals surface area contributed by atoms with E-state index in [0.717, 1.165) is 24.0 Å². The van der Waals surface area contributed by atoms with Crippen LogP contribution in [-0.4, -0.2) is 40.0 Å². The van der Waals surface area contributed by atoms with Crippen molar-refractivity contribution in [2.75, 3.05) is 24.0 Å². The minimum absolute atomic E-state index is 0.0967. The highest BCUT2D eigenvalue weighted by Crippen LogP contribution is 2.31. The number of benzene rings is 3. The number of sulfonamides is 1. The summed E-state index contributed by atoms with van der Waals surface area (Å²) in [5.74, 6) is -1.09. The summed E-state index contributed by atoms with van der Waals surface area (Å²) >= 11 is 0. The molecule has 1 aliphatic rings. The third-order valence-corrected chi connectivity index (χ3v) is 7.49. The van der Waals surface area contributed by atoms with Crippen molar-refractivity contribution >= 4 is 27.6 Å². The predicted molar refractivity (Wildman–Crippen MR) is 129 cm³/mol. The van der Waals surface area contributed by atoms with Gasteiger partial charge in [-0.1, -0.05) is 48.5 Å². The average molecular weight is 479 g/mol. The third-order valence-electron chi connectivity index (χ3n) is 5.66. The molecule has 0 unspecified atom stereocenters. The van der Waals surface area contributed by atoms with Gasteiger partial charge in [0.25, 0.3) is 15.9 Å². The van der Waals surface area contributed by atoms with Gasteiger partial charge in [0.2, 0.25) is 0 Å². The Kier molecular flexibility index (Phi) is 7.27. The lowest BCUT2D eigenvalue weighted by Crippen LogP contribution is -2.35. The number of esters is 1. The number of fused-ring (bicyclic) bond motifs is 1. The Bertz CT molecular complexity index is 1260. The van der Waals surface area contributed by atoms with E-state index in [9.17, 15) is 18.0 Å². The number of nitrogens with zero attached hydrogens (tertiary/aromatic N) is 1. The average Bonchev–Trinajstić information content (AvgIpc) is 2.87. The first-order valence-corrected chi connectivity index (χ1v) is 12.6. The number of carbonyl (C=O) groups is 2. The van der Waals surface area contributed by atoms with E-state index >= 15 is 0 Å². The first-order chi connectivity index (χ1) is 16.4. The van der Waals surface area contributed by atoms with E-state index in [1.165, 1.54) is 28.6 Å². The van der Waals surface area contributed by atoms with E-state index in [1.807, 2.05) is 54.6 Å². The van der Waals surface area contributed by atoms with Crippen molar-refractivity contribution in [3.8, 4) is 0 Å². The van der Waals surface area contributed by atoms with Crippen LogP contribution in [0.3, 0.4) is 0 Å². The maximum absolute atomic E-state index is 13.2. The van der Waals surface area contributed by atoms with Gasteiger partial charge in [-0.05, 0) is 60.7 Å². The molecule has 0 atom stereocenters. The number of nitrogens with one attached hydrogen (secondary N) is 1. The topological polar surface area (TPSA) is 92.8 Å². The predicted octanol–water partition coefficient (Wildman–Crippen LogP) is 3.34. The fourth-order valence-electron chi connectivity index (χ4n) is 3.90. The standard InChI is InChI=1S/C26H26N2O5S/c29-25(27-17-16-20-7-2-1-3-8-20)19-33-26(30)22-12-14-23(15-13-22)34(31,32)28-18-6-10-21-9-4-5-11-24(21)28/h1-5,7-9,11-15H,6,10,16-19H2,(H,27,29). The van der Waals surface area contributed by atoms with Gasteiger partial charge in [0.05, 0.1) is 16.1 Å². The van der Waals surface area contributed by atoms with E-state index in [-0.39, 0.29) is 10.5 Å². The molecule has 0 saturated heterocycles. The van der Waals surface area contributed by atoms with Gasteiger partial charge in [0.15, 0.2) is 6.61 Å². The Morgan fingerprint density at radius 3 is 2.38 bits per heavy atom. The van der Waals surface area contributed by atoms with Crippen LogP contribution in [0.1, 0.15) is 27.9 Å². The zero-order valence-corrected chi connectivity index (χ0v) is 19.5. The van der Waals surface area contributed by atoms with E-state index < -0.39 is 28.5 Å². The summed E-state index contributed by atoms with van der Waals surface area (Å²) in [4.78, 5) is 24.4. The van der Waals surface area contributed by atoms with Gasteiger partial charge in [-0.2, -0.15) is 0 Å². The Morgan fingerprint density at radius 1 is 0.912 bits per heavy atom. The number of carbonyl (C=O) groups excluding carboxylic acids is 2. The summed E-state index contributed by atoms with van der Waals surface area (Å²) in [6, 6.07) is 22.8. The van der Waals surface area contributed by atoms with E-state index in [0.29, 0.717) is 25.2 Å². The fraction of sp³-hybridized carbons (Fsp3) is 0.231. The minimum atomic E-state index is -3.76. The summed E-state index contributed by atoms with van der Waals surface area (Å²) in [5.41, 5.74) is 2.97. The molecule has 0 radical (unpaired) electrons. The van der Waals surface area contributed by atoms with Crippen LogP contribution in [0.5, 0.6) is 0 Å². The number of hydrogen-bond acceptors (Lipinski definition) is 5. The van der Waals surface area contributed by atoms with Crippen LogP contribution in [-0.2, 0) is 32.4 Å². The lowest BCUT2D eigenvalue weighted by molar-refractivity contribution is -0.124. The molecule has 176 valence electrons. The fourth-order valence-corrected chi connectivity index (χ4v) is 5.44. The lowest BCUT2D eigenvalue weighted by atomic mass is 10.0. The van der Waals surface area contributed by atoms with Gasteiger partial charge in [0, 0.05) is 13.1 Å². The molecule has 0 fully saturated rings. The van der Waals surface area contributed by atoms with Crippen molar-refractivity contribution in [2.45, 2.75) is 24.2 Å². The summed E-state index contributed by atoms with van der Waals surface area (Å²) in [6.45, 7) is 0.438. The van der Waals surface area contributed by atoms with Crippen molar-refractivity contribution in [2.24, 2.45) is 0 Å². The van der Waals surface area contributed by atoms with E-state index in [1.54, 1.807) is 0 Å². The van der Waals surface area contributed by atoms with E-state index in [2.05, 4.69) is 5.32 Å². The van der Waals surface area contributed by atoms with Crippen LogP contribution in [0, 0.1) is 0 Å². The molecule has 0 aliphatic carbocycles. The summed E-state index contributed by atoms with van der Waals surface area (Å²) < 4.78 is 32.9. The highest BCUT2D eigenvalue weighted by molar-refractivity contribution is 7.92. The van der Waals surface area contributed by atoms with Gasteiger partial charge >= 0.3 is 5.97 Å². The number of para-hydroxylation sites is 1. The van der Waals surface area contributed by atoms with Crippen molar-refractivity contribution in [3.63, 3.8) is 0 Å². The van der Waals surface area contributed by atoms with Crippen LogP contribution in [0.25, 0.3) is 0 Å². The number of amides is 1. The molecular weight excluding hydrogens is 452 g/mol. The molecule has 1 amide bonds. The molecule has 7 nitrogen and oxygen atoms in total. The van der Waals surface area contributed by atoms with Crippen molar-refractivity contribution in [1.82, 2.24) is 5.32 Å². The molecule has 34 heavy (non-hydrogen) atoms. The quantitative estimate of drug-likeness (QED) is 0.502. The van der Waals surface area contributed by atoms with Crippen LogP contribution in [0.4, 0.5) is 5.69 Å². The first-order valence-electron chi connectivity index (χ1n) is 11.1. The van der Waals surface area contributed by atoms with Crippen molar-refractivity contribution < 1.29 is 22.7 Å². The second-order valence-corrected chi connectivity index (χ2v) is 9.86. The molecule has 1 aliphatic heterocycles. The number of rotatable bonds is 8. The second-order valence-electron chi connectivity index (χ2n) is 8.00. The normalized spacial score (nSPS) is 13.1. The monoisotopic (exact) mass is 478 g/mol. The first kappa shape index (κ1) is 23.5. The van der Waals surface area contributed by atoms with Crippen LogP contribution >= 0.6 is 0 Å². The molecular formula is C26H26N2O5S. The highest BCUT2D eigenvalue weighted by Gasteiger charge is 2.29. The van der Waals surface area contributed by atoms with Gasteiger partial charge in [-0.25, -0.2) is 13.2 Å². The summed E-state index contributed by atoms with van der Waals surface area (Å²) in [7, 11) is -3.76. The Balaban J connectivity index is 1.32. The molecule has 3 aromatic carbocycles. The molecule has 0 bridgehead atoms. The molecule has 0 spiro atoms. The lowest BCUT2D eigenvalue weighted by Gasteiger charge is -2.30. The van der Waals surface area contributed by atoms with Gasteiger partial charge in [-0.3, -0.25) is 9.10 Å². The smallest absolute Gasteiger partial charge is 0.338 e. The molecule has 1 heterocycles. The second kappa shape index (κ2) is 10.5. The minimum Gasteiger partial charge on any atom is -0.452 e. The van der Waals surface area contributed by atoms with Gasteiger partial charge in [-0.15, -0.1) is 0 Å². The van der Waals surface area contributed by atoms with Crippen LogP contribution in [0.15, 0.2) is 83.8 Å². The van der Waals surface area contributed by atoms with Gasteiger partial charge < -0.3 is 10.1 Å². The summed E-state index contributed by atoms with van der Waals surface area (Å²) in [6.07, 6.45) is 2.26. The third kappa shape index (κ3) is 5.46. The zero-order valence-electron chi connectivity index (χ0n) is 18.6. The maximum Gasteiger partial charge on any atom is 0.338 e. The maximum atomic E-state index is 13.2. The van der Waals surface area contributed by atoms with E-state index in [4.69, 9.17) is 4.74 Å². The number of ether oxygens (including phenoxy) is 1. The number of anilines is 1. The van der Waals surface area contributed by atoms with Crippen molar-refractivity contribution in [3.05, 3.63) is 95.6 Å². The zero-order chi connectivity index (χ0) is 24.0. The van der Waals surface area contributed by atoms with Crippen LogP contribution < -0.4 is 9.62 Å². The highest BCUT2D eigenvalue weighted by atomic mass is 32.2. The van der Waals surface area contributed by atoms with Crippen molar-refractivity contribution in [1.29, 1.82) is 0 Å². The molecule has 0 saturated carbocycles. The number of hydrogen-bond donors (Lipinski definition) is 1. The summed E-state index contributed by atoms with van der Waals surface area (Å²) in [5, 5.41) is 2.71. The molecule has 4 rings (SSSR count). The molecule has 8 heteroatoms. The Hall–Kier alpha value is -3.65. The molecule has 3 aromatic rings. The SMILES string of the molecule is O=C(COC(=O)c1ccc(S(=O)(=O)N2CCCc3ccccc32)cc1)NCCc1ccccc1. The van der Waals surface area contributed by atoms with Gasteiger partial charge in [0.1, 0.15) is 0 Å². The Labute approximate surface area is 199 Å². The molecule has 1 N–H and O–H groups in total. The van der Waals surface area contributed by atoms with Crippen LogP contribution in [0.2, 0.25) is 0 Å². The molecule has 0 aromatic heterocycles. The Morgan fingerprint density at radius 2 is 1.62 bits per heavy atom.